The predicted molar refractivity (Wildman–Crippen MR) is 87.5 cm³/mol. The second-order valence-electron chi connectivity index (χ2n) is 6.24. The minimum Gasteiger partial charge on any atom is -0.365 e. The second kappa shape index (κ2) is 5.47. The molecule has 3 nitrogen and oxygen atoms in total. The lowest BCUT2D eigenvalue weighted by molar-refractivity contribution is 0.230. The van der Waals surface area contributed by atoms with Gasteiger partial charge in [-0.3, -0.25) is 4.90 Å². The molecule has 2 aliphatic heterocycles. The van der Waals surface area contributed by atoms with Crippen molar-refractivity contribution in [3.63, 3.8) is 0 Å². The zero-order valence-corrected chi connectivity index (χ0v) is 12.5. The molecule has 0 N–H and O–H groups in total. The van der Waals surface area contributed by atoms with Crippen LogP contribution in [-0.4, -0.2) is 30.1 Å². The van der Waals surface area contributed by atoms with Crippen LogP contribution >= 0.6 is 0 Å². The van der Waals surface area contributed by atoms with Gasteiger partial charge in [-0.1, -0.05) is 42.5 Å². The number of likely N-dealkylation sites (tertiary alicyclic amines) is 1. The summed E-state index contributed by atoms with van der Waals surface area (Å²) in [7, 11) is 0. The summed E-state index contributed by atoms with van der Waals surface area (Å²) in [5.74, 6) is 0. The molecule has 110 valence electrons. The summed E-state index contributed by atoms with van der Waals surface area (Å²) in [6.45, 7) is 3.17. The number of anilines is 1. The van der Waals surface area contributed by atoms with Crippen LogP contribution in [0, 0.1) is 11.3 Å². The largest absolute Gasteiger partial charge is 0.365 e. The fourth-order valence-corrected chi connectivity index (χ4v) is 3.87. The van der Waals surface area contributed by atoms with Crippen molar-refractivity contribution in [1.29, 1.82) is 5.26 Å². The summed E-state index contributed by atoms with van der Waals surface area (Å²) in [5, 5.41) is 9.31. The van der Waals surface area contributed by atoms with Crippen LogP contribution in [0.4, 0.5) is 5.69 Å². The van der Waals surface area contributed by atoms with Crippen LogP contribution in [0.5, 0.6) is 0 Å². The quantitative estimate of drug-likeness (QED) is 0.870. The first-order chi connectivity index (χ1) is 10.8. The summed E-state index contributed by atoms with van der Waals surface area (Å²) in [6, 6.07) is 22.2. The molecular formula is C19H19N3. The lowest BCUT2D eigenvalue weighted by Crippen LogP contribution is -2.46. The Balaban J connectivity index is 1.49. The molecule has 2 saturated heterocycles. The van der Waals surface area contributed by atoms with Crippen LogP contribution in [0.3, 0.4) is 0 Å². The van der Waals surface area contributed by atoms with Crippen molar-refractivity contribution in [2.75, 3.05) is 18.0 Å². The van der Waals surface area contributed by atoms with Crippen LogP contribution < -0.4 is 4.90 Å². The summed E-state index contributed by atoms with van der Waals surface area (Å²) < 4.78 is 0. The number of rotatable bonds is 3. The van der Waals surface area contributed by atoms with E-state index in [1.54, 1.807) is 0 Å². The molecular weight excluding hydrogens is 270 g/mol. The van der Waals surface area contributed by atoms with Gasteiger partial charge >= 0.3 is 0 Å². The van der Waals surface area contributed by atoms with E-state index in [-0.39, 0.29) is 0 Å². The molecule has 0 amide bonds. The first kappa shape index (κ1) is 13.4. The molecule has 0 saturated carbocycles. The number of hydrogen-bond acceptors (Lipinski definition) is 3. The molecule has 0 unspecified atom stereocenters. The predicted octanol–water partition coefficient (Wildman–Crippen LogP) is 3.02. The first-order valence-corrected chi connectivity index (χ1v) is 7.89. The highest BCUT2D eigenvalue weighted by atomic mass is 15.3. The highest BCUT2D eigenvalue weighted by molar-refractivity contribution is 5.61. The number of para-hydroxylation sites is 1. The van der Waals surface area contributed by atoms with E-state index in [4.69, 9.17) is 0 Å². The Labute approximate surface area is 131 Å². The van der Waals surface area contributed by atoms with E-state index in [1.807, 2.05) is 18.2 Å². The van der Waals surface area contributed by atoms with E-state index in [2.05, 4.69) is 52.3 Å². The number of fused-ring (bicyclic) bond motifs is 2. The molecule has 0 aliphatic carbocycles. The van der Waals surface area contributed by atoms with Gasteiger partial charge in [0, 0.05) is 31.7 Å². The molecule has 2 aromatic carbocycles. The second-order valence-corrected chi connectivity index (χ2v) is 6.24. The summed E-state index contributed by atoms with van der Waals surface area (Å²) in [6.07, 6.45) is 1.21. The average molecular weight is 289 g/mol. The molecule has 0 radical (unpaired) electrons. The van der Waals surface area contributed by atoms with Gasteiger partial charge < -0.3 is 4.90 Å². The fraction of sp³-hybridized carbons (Fsp3) is 0.316. The fourth-order valence-electron chi connectivity index (χ4n) is 3.87. The van der Waals surface area contributed by atoms with Crippen molar-refractivity contribution >= 4 is 5.69 Å². The van der Waals surface area contributed by atoms with E-state index in [1.165, 1.54) is 12.0 Å². The molecule has 2 bridgehead atoms. The minimum atomic E-state index is 0.545. The van der Waals surface area contributed by atoms with Gasteiger partial charge in [0.15, 0.2) is 0 Å². The Morgan fingerprint density at radius 3 is 2.45 bits per heavy atom. The van der Waals surface area contributed by atoms with Gasteiger partial charge in [0.25, 0.3) is 0 Å². The third-order valence-electron chi connectivity index (χ3n) is 4.92. The molecule has 0 spiro atoms. The molecule has 3 heteroatoms. The maximum Gasteiger partial charge on any atom is 0.101 e. The third-order valence-corrected chi connectivity index (χ3v) is 4.92. The summed E-state index contributed by atoms with van der Waals surface area (Å²) in [4.78, 5) is 5.02. The van der Waals surface area contributed by atoms with Gasteiger partial charge in [-0.25, -0.2) is 0 Å². The summed E-state index contributed by atoms with van der Waals surface area (Å²) >= 11 is 0. The van der Waals surface area contributed by atoms with Crippen molar-refractivity contribution in [3.05, 3.63) is 65.7 Å². The van der Waals surface area contributed by atoms with E-state index in [0.29, 0.717) is 12.1 Å². The van der Waals surface area contributed by atoms with E-state index >= 15 is 0 Å². The van der Waals surface area contributed by atoms with Crippen LogP contribution in [0.25, 0.3) is 0 Å². The van der Waals surface area contributed by atoms with Gasteiger partial charge in [-0.05, 0) is 24.1 Å². The number of nitrogens with zero attached hydrogens (tertiary/aromatic N) is 3. The monoisotopic (exact) mass is 289 g/mol. The highest BCUT2D eigenvalue weighted by Crippen LogP contribution is 2.36. The normalized spacial score (nSPS) is 23.7. The van der Waals surface area contributed by atoms with E-state index in [9.17, 15) is 5.26 Å². The number of benzene rings is 2. The van der Waals surface area contributed by atoms with Crippen molar-refractivity contribution in [2.45, 2.75) is 25.0 Å². The van der Waals surface area contributed by atoms with Crippen LogP contribution in [0.2, 0.25) is 0 Å². The van der Waals surface area contributed by atoms with Gasteiger partial charge in [-0.2, -0.15) is 5.26 Å². The zero-order chi connectivity index (χ0) is 14.9. The Kier molecular flexibility index (Phi) is 3.32. The Bertz CT molecular complexity index is 704. The van der Waals surface area contributed by atoms with Crippen LogP contribution in [-0.2, 0) is 6.54 Å². The molecule has 2 heterocycles. The van der Waals surface area contributed by atoms with Crippen molar-refractivity contribution in [1.82, 2.24) is 4.90 Å². The lowest BCUT2D eigenvalue weighted by atomic mass is 10.1. The maximum atomic E-state index is 9.31. The lowest BCUT2D eigenvalue weighted by Gasteiger charge is -2.36. The average Bonchev–Trinajstić information content (AvgIpc) is 3.16. The maximum absolute atomic E-state index is 9.31. The Hall–Kier alpha value is -2.31. The van der Waals surface area contributed by atoms with Gasteiger partial charge in [0.2, 0.25) is 0 Å². The smallest absolute Gasteiger partial charge is 0.101 e. The van der Waals surface area contributed by atoms with Crippen LogP contribution in [0.1, 0.15) is 17.5 Å². The molecule has 2 aromatic rings. The SMILES string of the molecule is N#Cc1ccccc1N1C[C@@H]2C[C@H]1CN2Cc1ccccc1. The van der Waals surface area contributed by atoms with Gasteiger partial charge in [0.05, 0.1) is 11.3 Å². The molecule has 0 aromatic heterocycles. The third kappa shape index (κ3) is 2.26. The first-order valence-electron chi connectivity index (χ1n) is 7.89. The topological polar surface area (TPSA) is 30.3 Å². The summed E-state index contributed by atoms with van der Waals surface area (Å²) in [5.41, 5.74) is 3.29. The molecule has 2 atom stereocenters. The number of nitriles is 1. The molecule has 4 rings (SSSR count). The standard InChI is InChI=1S/C19H19N3/c20-11-16-8-4-5-9-19(16)22-14-17-10-18(22)13-21(17)12-15-6-2-1-3-7-15/h1-9,17-18H,10,12-14H2/t17-,18-/m0/s1. The zero-order valence-electron chi connectivity index (χ0n) is 12.5. The molecule has 22 heavy (non-hydrogen) atoms. The van der Waals surface area contributed by atoms with Gasteiger partial charge in [0.1, 0.15) is 6.07 Å². The minimum absolute atomic E-state index is 0.545. The Morgan fingerprint density at radius 2 is 1.73 bits per heavy atom. The highest BCUT2D eigenvalue weighted by Gasteiger charge is 2.43. The van der Waals surface area contributed by atoms with Gasteiger partial charge in [-0.15, -0.1) is 0 Å². The Morgan fingerprint density at radius 1 is 0.955 bits per heavy atom. The van der Waals surface area contributed by atoms with Crippen LogP contribution in [0.15, 0.2) is 54.6 Å². The van der Waals surface area contributed by atoms with Crippen molar-refractivity contribution in [3.8, 4) is 6.07 Å². The van der Waals surface area contributed by atoms with E-state index < -0.39 is 0 Å². The number of piperazine rings is 1. The molecule has 2 aliphatic rings. The van der Waals surface area contributed by atoms with Crippen molar-refractivity contribution in [2.24, 2.45) is 0 Å². The molecule has 2 fully saturated rings. The number of hydrogen-bond donors (Lipinski definition) is 0. The van der Waals surface area contributed by atoms with Crippen molar-refractivity contribution < 1.29 is 0 Å². The van der Waals surface area contributed by atoms with E-state index in [0.717, 1.165) is 30.9 Å².